The predicted molar refractivity (Wildman–Crippen MR) is 81.7 cm³/mol. The van der Waals surface area contributed by atoms with Gasteiger partial charge in [0.25, 0.3) is 0 Å². The van der Waals surface area contributed by atoms with E-state index in [4.69, 9.17) is 0 Å². The van der Waals surface area contributed by atoms with Gasteiger partial charge < -0.3 is 5.11 Å². The maximum Gasteiger partial charge on any atom is 0.182 e. The first kappa shape index (κ1) is 13.3. The minimum absolute atomic E-state index is 0.118. The molecule has 0 spiro atoms. The van der Waals surface area contributed by atoms with Crippen LogP contribution in [0.5, 0.6) is 5.75 Å². The van der Waals surface area contributed by atoms with Crippen molar-refractivity contribution in [3.05, 3.63) is 53.3 Å². The number of aryl methyl sites for hydroxylation is 3. The first-order chi connectivity index (χ1) is 10.1. The molecular weight excluding hydrogens is 264 g/mol. The molecule has 1 aromatic carbocycles. The van der Waals surface area contributed by atoms with Crippen molar-refractivity contribution in [2.45, 2.75) is 20.8 Å². The van der Waals surface area contributed by atoms with Crippen molar-refractivity contribution < 1.29 is 5.11 Å². The molecular formula is C16H16N4O. The van der Waals surface area contributed by atoms with Crippen LogP contribution in [-0.2, 0) is 0 Å². The maximum atomic E-state index is 9.82. The van der Waals surface area contributed by atoms with Crippen molar-refractivity contribution in [1.82, 2.24) is 9.38 Å². The van der Waals surface area contributed by atoms with E-state index in [0.717, 1.165) is 22.6 Å². The number of hydrogen-bond acceptors (Lipinski definition) is 4. The lowest BCUT2D eigenvalue weighted by Crippen LogP contribution is -1.88. The van der Waals surface area contributed by atoms with Gasteiger partial charge in [-0.05, 0) is 50.6 Å². The minimum atomic E-state index is 0.118. The van der Waals surface area contributed by atoms with Gasteiger partial charge in [-0.15, -0.1) is 10.2 Å². The van der Waals surface area contributed by atoms with E-state index in [1.165, 1.54) is 0 Å². The second-order valence-electron chi connectivity index (χ2n) is 5.07. The van der Waals surface area contributed by atoms with E-state index in [1.54, 1.807) is 12.1 Å². The van der Waals surface area contributed by atoms with E-state index in [9.17, 15) is 5.11 Å². The highest BCUT2D eigenvalue weighted by Gasteiger charge is 2.09. The number of phenols is 1. The summed E-state index contributed by atoms with van der Waals surface area (Å²) in [7, 11) is 0. The molecule has 0 unspecified atom stereocenters. The van der Waals surface area contributed by atoms with Crippen LogP contribution in [0.15, 0.2) is 46.6 Å². The highest BCUT2D eigenvalue weighted by molar-refractivity contribution is 5.55. The average Bonchev–Trinajstić information content (AvgIpc) is 2.77. The van der Waals surface area contributed by atoms with E-state index in [0.29, 0.717) is 11.5 Å². The zero-order valence-corrected chi connectivity index (χ0v) is 12.2. The van der Waals surface area contributed by atoms with Gasteiger partial charge >= 0.3 is 0 Å². The Morgan fingerprint density at radius 2 is 1.86 bits per heavy atom. The van der Waals surface area contributed by atoms with Gasteiger partial charge in [-0.3, -0.25) is 4.40 Å². The van der Waals surface area contributed by atoms with Crippen LogP contribution in [0.2, 0.25) is 0 Å². The highest BCUT2D eigenvalue weighted by Crippen LogP contribution is 2.30. The summed E-state index contributed by atoms with van der Waals surface area (Å²) in [5.74, 6) is 0.802. The van der Waals surface area contributed by atoms with E-state index >= 15 is 0 Å². The van der Waals surface area contributed by atoms with Crippen LogP contribution in [0.4, 0.5) is 11.5 Å². The Kier molecular flexibility index (Phi) is 3.17. The molecule has 0 aliphatic heterocycles. The van der Waals surface area contributed by atoms with Crippen LogP contribution < -0.4 is 0 Å². The van der Waals surface area contributed by atoms with Gasteiger partial charge in [0, 0.05) is 5.69 Å². The van der Waals surface area contributed by atoms with Gasteiger partial charge in [0.1, 0.15) is 17.1 Å². The number of imidazole rings is 1. The smallest absolute Gasteiger partial charge is 0.182 e. The molecule has 0 aliphatic carbocycles. The molecule has 3 rings (SSSR count). The molecule has 0 saturated carbocycles. The number of fused-ring (bicyclic) bond motifs is 1. The number of azo groups is 1. The van der Waals surface area contributed by atoms with E-state index in [2.05, 4.69) is 15.2 Å². The molecule has 21 heavy (non-hydrogen) atoms. The van der Waals surface area contributed by atoms with Gasteiger partial charge in [0.15, 0.2) is 5.82 Å². The fraction of sp³-hybridized carbons (Fsp3) is 0.188. The lowest BCUT2D eigenvalue weighted by Gasteiger charge is -2.02. The molecule has 0 amide bonds. The zero-order chi connectivity index (χ0) is 15.0. The molecule has 0 atom stereocenters. The summed E-state index contributed by atoms with van der Waals surface area (Å²) in [6, 6.07) is 11.1. The molecule has 0 bridgehead atoms. The third-order valence-corrected chi connectivity index (χ3v) is 3.37. The van der Waals surface area contributed by atoms with Crippen molar-refractivity contribution in [1.29, 1.82) is 0 Å². The quantitative estimate of drug-likeness (QED) is 0.708. The summed E-state index contributed by atoms with van der Waals surface area (Å²) in [6.45, 7) is 5.84. The molecule has 0 saturated heterocycles. The van der Waals surface area contributed by atoms with Crippen LogP contribution in [0.3, 0.4) is 0 Å². The van der Waals surface area contributed by atoms with Gasteiger partial charge in [-0.25, -0.2) is 4.98 Å². The number of phenolic OH excluding ortho intramolecular Hbond substituents is 1. The summed E-state index contributed by atoms with van der Waals surface area (Å²) in [6.07, 6.45) is 0. The summed E-state index contributed by atoms with van der Waals surface area (Å²) < 4.78 is 1.95. The Bertz CT molecular complexity index is 849. The number of pyridine rings is 1. The van der Waals surface area contributed by atoms with Crippen LogP contribution in [0, 0.1) is 20.8 Å². The van der Waals surface area contributed by atoms with E-state index in [-0.39, 0.29) is 5.75 Å². The molecule has 0 aliphatic rings. The third-order valence-electron chi connectivity index (χ3n) is 3.37. The summed E-state index contributed by atoms with van der Waals surface area (Å²) in [5, 5.41) is 18.3. The average molecular weight is 280 g/mol. The summed E-state index contributed by atoms with van der Waals surface area (Å²) >= 11 is 0. The minimum Gasteiger partial charge on any atom is -0.506 e. The highest BCUT2D eigenvalue weighted by atomic mass is 16.3. The first-order valence-corrected chi connectivity index (χ1v) is 6.72. The number of nitrogens with zero attached hydrogens (tertiary/aromatic N) is 4. The number of aromatic nitrogens is 2. The Labute approximate surface area is 122 Å². The van der Waals surface area contributed by atoms with Crippen LogP contribution >= 0.6 is 0 Å². The number of aromatic hydroxyl groups is 1. The molecule has 5 nitrogen and oxygen atoms in total. The van der Waals surface area contributed by atoms with Gasteiger partial charge in [-0.1, -0.05) is 12.1 Å². The topological polar surface area (TPSA) is 62.2 Å². The van der Waals surface area contributed by atoms with Crippen LogP contribution in [0.25, 0.3) is 5.65 Å². The molecule has 0 fully saturated rings. The molecule has 106 valence electrons. The molecule has 5 heteroatoms. The Morgan fingerprint density at radius 1 is 1.05 bits per heavy atom. The SMILES string of the molecule is Cc1ccc(O)c(N=Nc2c(C)nc3cccc(C)n23)c1. The standard InChI is InChI=1S/C16H16N4O/c1-10-7-8-14(21)13(9-10)18-19-16-12(3)17-15-6-4-5-11(2)20(15)16/h4-9,21H,1-3H3. The lowest BCUT2D eigenvalue weighted by atomic mass is 10.2. The van der Waals surface area contributed by atoms with E-state index in [1.807, 2.05) is 49.4 Å². The van der Waals surface area contributed by atoms with Crippen molar-refractivity contribution in [2.24, 2.45) is 10.2 Å². The molecule has 3 aromatic rings. The van der Waals surface area contributed by atoms with Crippen molar-refractivity contribution in [3.63, 3.8) is 0 Å². The molecule has 0 radical (unpaired) electrons. The van der Waals surface area contributed by atoms with Crippen LogP contribution in [0.1, 0.15) is 17.0 Å². The Hall–Kier alpha value is -2.69. The van der Waals surface area contributed by atoms with Gasteiger partial charge in [0.05, 0.1) is 5.69 Å². The summed E-state index contributed by atoms with van der Waals surface area (Å²) in [4.78, 5) is 4.47. The van der Waals surface area contributed by atoms with Gasteiger partial charge in [-0.2, -0.15) is 0 Å². The monoisotopic (exact) mass is 280 g/mol. The number of hydrogen-bond donors (Lipinski definition) is 1. The van der Waals surface area contributed by atoms with Crippen molar-refractivity contribution in [3.8, 4) is 5.75 Å². The first-order valence-electron chi connectivity index (χ1n) is 6.72. The molecule has 1 N–H and O–H groups in total. The Balaban J connectivity index is 2.11. The van der Waals surface area contributed by atoms with Gasteiger partial charge in [0.2, 0.25) is 0 Å². The maximum absolute atomic E-state index is 9.82. The summed E-state index contributed by atoms with van der Waals surface area (Å²) in [5.41, 5.74) is 4.16. The zero-order valence-electron chi connectivity index (χ0n) is 12.2. The van der Waals surface area contributed by atoms with Crippen LogP contribution in [-0.4, -0.2) is 14.5 Å². The largest absolute Gasteiger partial charge is 0.506 e. The molecule has 2 aromatic heterocycles. The molecule has 2 heterocycles. The second-order valence-corrected chi connectivity index (χ2v) is 5.07. The number of rotatable bonds is 2. The number of benzene rings is 1. The fourth-order valence-electron chi connectivity index (χ4n) is 2.28. The predicted octanol–water partition coefficient (Wildman–Crippen LogP) is 4.38. The Morgan fingerprint density at radius 3 is 2.67 bits per heavy atom. The van der Waals surface area contributed by atoms with Crippen molar-refractivity contribution in [2.75, 3.05) is 0 Å². The fourth-order valence-corrected chi connectivity index (χ4v) is 2.28. The third kappa shape index (κ3) is 2.38. The normalized spacial score (nSPS) is 11.6. The van der Waals surface area contributed by atoms with E-state index < -0.39 is 0 Å². The second kappa shape index (κ2) is 5.01. The lowest BCUT2D eigenvalue weighted by molar-refractivity contribution is 0.476. The van der Waals surface area contributed by atoms with Crippen molar-refractivity contribution >= 4 is 17.2 Å².